The number of hydrogen-bond acceptors (Lipinski definition) is 5. The maximum atomic E-state index is 13.0. The van der Waals surface area contributed by atoms with Crippen LogP contribution in [0.15, 0.2) is 40.6 Å². The quantitative estimate of drug-likeness (QED) is 0.884. The van der Waals surface area contributed by atoms with Crippen molar-refractivity contribution in [3.63, 3.8) is 0 Å². The summed E-state index contributed by atoms with van der Waals surface area (Å²) in [5, 5.41) is 13.7. The third-order valence-corrected chi connectivity index (χ3v) is 6.70. The molecule has 1 atom stereocenters. The van der Waals surface area contributed by atoms with Crippen LogP contribution in [0, 0.1) is 17.1 Å². The highest BCUT2D eigenvalue weighted by Gasteiger charge is 2.39. The Morgan fingerprint density at radius 1 is 1.32 bits per heavy atom. The smallest absolute Gasteiger partial charge is 0.243 e. The van der Waals surface area contributed by atoms with Crippen LogP contribution in [0.1, 0.15) is 18.4 Å². The molecule has 1 aliphatic rings. The number of nitrogens with one attached hydrogen (secondary N) is 1. The first-order valence-electron chi connectivity index (χ1n) is 7.49. The van der Waals surface area contributed by atoms with Gasteiger partial charge in [-0.1, -0.05) is 0 Å². The number of carbonyl (C=O) groups excluding carboxylic acids is 1. The van der Waals surface area contributed by atoms with E-state index < -0.39 is 27.8 Å². The van der Waals surface area contributed by atoms with Crippen molar-refractivity contribution < 1.29 is 17.6 Å². The first-order chi connectivity index (χ1) is 11.9. The fourth-order valence-corrected chi connectivity index (χ4v) is 5.12. The lowest BCUT2D eigenvalue weighted by molar-refractivity contribution is -0.119. The van der Waals surface area contributed by atoms with Crippen molar-refractivity contribution in [1.29, 1.82) is 5.26 Å². The molecule has 0 bridgehead atoms. The summed E-state index contributed by atoms with van der Waals surface area (Å²) in [5.41, 5.74) is 0.337. The molecule has 1 aromatic carbocycles. The molecular weight excluding hydrogens is 365 g/mol. The normalized spacial score (nSPS) is 18.0. The summed E-state index contributed by atoms with van der Waals surface area (Å²) in [6.07, 6.45) is 0.938. The number of benzene rings is 1. The number of thiophene rings is 1. The van der Waals surface area contributed by atoms with Crippen molar-refractivity contribution in [1.82, 2.24) is 4.31 Å². The summed E-state index contributed by atoms with van der Waals surface area (Å²) in [6.45, 7) is 0.216. The predicted molar refractivity (Wildman–Crippen MR) is 91.0 cm³/mol. The van der Waals surface area contributed by atoms with Gasteiger partial charge in [0.25, 0.3) is 0 Å². The molecule has 1 saturated heterocycles. The molecule has 130 valence electrons. The minimum atomic E-state index is -3.90. The van der Waals surface area contributed by atoms with E-state index in [0.29, 0.717) is 23.4 Å². The fraction of sp³-hybridized carbons (Fsp3) is 0.250. The SMILES string of the molecule is N#Cc1ccsc1NC(=O)C1CCCN1S(=O)(=O)c1ccc(F)cc1. The Balaban J connectivity index is 1.83. The third-order valence-electron chi connectivity index (χ3n) is 3.95. The molecule has 2 heterocycles. The van der Waals surface area contributed by atoms with Crippen molar-refractivity contribution in [3.05, 3.63) is 47.1 Å². The summed E-state index contributed by atoms with van der Waals surface area (Å²) in [6, 6.07) is 7.22. The second kappa shape index (κ2) is 6.92. The second-order valence-electron chi connectivity index (χ2n) is 5.49. The Morgan fingerprint density at radius 2 is 2.04 bits per heavy atom. The zero-order chi connectivity index (χ0) is 18.0. The van der Waals surface area contributed by atoms with Gasteiger partial charge in [0.15, 0.2) is 0 Å². The van der Waals surface area contributed by atoms with E-state index in [-0.39, 0.29) is 11.4 Å². The highest BCUT2D eigenvalue weighted by molar-refractivity contribution is 7.89. The summed E-state index contributed by atoms with van der Waals surface area (Å²) < 4.78 is 39.7. The summed E-state index contributed by atoms with van der Waals surface area (Å²) in [5.74, 6) is -1.00. The molecular formula is C16H14FN3O3S2. The van der Waals surface area contributed by atoms with E-state index in [1.807, 2.05) is 6.07 Å². The van der Waals surface area contributed by atoms with Crippen LogP contribution >= 0.6 is 11.3 Å². The van der Waals surface area contributed by atoms with Gasteiger partial charge in [0, 0.05) is 6.54 Å². The average molecular weight is 379 g/mol. The molecule has 1 aromatic heterocycles. The lowest BCUT2D eigenvalue weighted by Gasteiger charge is -2.23. The largest absolute Gasteiger partial charge is 0.315 e. The molecule has 1 N–H and O–H groups in total. The van der Waals surface area contributed by atoms with Gasteiger partial charge in [-0.05, 0) is 48.6 Å². The summed E-state index contributed by atoms with van der Waals surface area (Å²) >= 11 is 1.20. The van der Waals surface area contributed by atoms with Crippen molar-refractivity contribution in [2.24, 2.45) is 0 Å². The molecule has 1 amide bonds. The lowest BCUT2D eigenvalue weighted by Crippen LogP contribution is -2.43. The Morgan fingerprint density at radius 3 is 2.72 bits per heavy atom. The van der Waals surface area contributed by atoms with Crippen LogP contribution in [0.4, 0.5) is 9.39 Å². The molecule has 2 aromatic rings. The molecule has 0 spiro atoms. The molecule has 25 heavy (non-hydrogen) atoms. The molecule has 1 aliphatic heterocycles. The Labute approximate surface area is 148 Å². The van der Waals surface area contributed by atoms with Crippen molar-refractivity contribution in [3.8, 4) is 6.07 Å². The van der Waals surface area contributed by atoms with Crippen LogP contribution in [0.3, 0.4) is 0 Å². The minimum Gasteiger partial charge on any atom is -0.315 e. The van der Waals surface area contributed by atoms with Gasteiger partial charge in [0.2, 0.25) is 15.9 Å². The zero-order valence-corrected chi connectivity index (χ0v) is 14.6. The first kappa shape index (κ1) is 17.5. The average Bonchev–Trinajstić information content (AvgIpc) is 3.24. The van der Waals surface area contributed by atoms with E-state index in [1.54, 1.807) is 11.4 Å². The Kier molecular flexibility index (Phi) is 4.85. The topological polar surface area (TPSA) is 90.3 Å². The third kappa shape index (κ3) is 3.42. The number of halogens is 1. The number of hydrogen-bond donors (Lipinski definition) is 1. The van der Waals surface area contributed by atoms with Crippen molar-refractivity contribution >= 4 is 32.3 Å². The predicted octanol–water partition coefficient (Wildman–Crippen LogP) is 2.55. The van der Waals surface area contributed by atoms with Gasteiger partial charge in [0.05, 0.1) is 10.5 Å². The molecule has 0 radical (unpaired) electrons. The maximum Gasteiger partial charge on any atom is 0.243 e. The highest BCUT2D eigenvalue weighted by atomic mass is 32.2. The van der Waals surface area contributed by atoms with E-state index in [0.717, 1.165) is 16.4 Å². The molecule has 0 aliphatic carbocycles. The lowest BCUT2D eigenvalue weighted by atomic mass is 10.2. The van der Waals surface area contributed by atoms with E-state index in [2.05, 4.69) is 5.32 Å². The van der Waals surface area contributed by atoms with Crippen LogP contribution in [0.2, 0.25) is 0 Å². The molecule has 3 rings (SSSR count). The van der Waals surface area contributed by atoms with Crippen LogP contribution < -0.4 is 5.32 Å². The molecule has 1 fully saturated rings. The fourth-order valence-electron chi connectivity index (χ4n) is 2.72. The minimum absolute atomic E-state index is 0.0533. The monoisotopic (exact) mass is 379 g/mol. The van der Waals surface area contributed by atoms with Crippen molar-refractivity contribution in [2.45, 2.75) is 23.8 Å². The number of rotatable bonds is 4. The van der Waals surface area contributed by atoms with Crippen LogP contribution in [0.25, 0.3) is 0 Å². The van der Waals surface area contributed by atoms with Crippen LogP contribution in [0.5, 0.6) is 0 Å². The summed E-state index contributed by atoms with van der Waals surface area (Å²) in [4.78, 5) is 12.5. The van der Waals surface area contributed by atoms with Gasteiger partial charge < -0.3 is 5.32 Å². The first-order valence-corrected chi connectivity index (χ1v) is 9.81. The van der Waals surface area contributed by atoms with Gasteiger partial charge in [-0.15, -0.1) is 11.3 Å². The highest BCUT2D eigenvalue weighted by Crippen LogP contribution is 2.29. The Hall–Kier alpha value is -2.28. The van der Waals surface area contributed by atoms with E-state index in [9.17, 15) is 17.6 Å². The van der Waals surface area contributed by atoms with Crippen molar-refractivity contribution in [2.75, 3.05) is 11.9 Å². The number of nitriles is 1. The van der Waals surface area contributed by atoms with E-state index in [1.165, 1.54) is 23.5 Å². The van der Waals surface area contributed by atoms with Crippen LogP contribution in [-0.4, -0.2) is 31.2 Å². The number of sulfonamides is 1. The van der Waals surface area contributed by atoms with E-state index in [4.69, 9.17) is 5.26 Å². The summed E-state index contributed by atoms with van der Waals surface area (Å²) in [7, 11) is -3.90. The van der Waals surface area contributed by atoms with Gasteiger partial charge >= 0.3 is 0 Å². The molecule has 9 heteroatoms. The van der Waals surface area contributed by atoms with E-state index >= 15 is 0 Å². The number of anilines is 1. The maximum absolute atomic E-state index is 13.0. The second-order valence-corrected chi connectivity index (χ2v) is 8.30. The van der Waals surface area contributed by atoms with Crippen LogP contribution in [-0.2, 0) is 14.8 Å². The number of nitrogens with zero attached hydrogens (tertiary/aromatic N) is 2. The molecule has 0 saturated carbocycles. The van der Waals surface area contributed by atoms with Gasteiger partial charge in [-0.25, -0.2) is 12.8 Å². The van der Waals surface area contributed by atoms with Gasteiger partial charge in [-0.2, -0.15) is 9.57 Å². The molecule has 1 unspecified atom stereocenters. The number of amides is 1. The standard InChI is InChI=1S/C16H14FN3O3S2/c17-12-3-5-13(6-4-12)25(22,23)20-8-1-2-14(20)15(21)19-16-11(10-18)7-9-24-16/h3-7,9,14H,1-2,8H2,(H,19,21). The van der Waals surface area contributed by atoms with Gasteiger partial charge in [-0.3, -0.25) is 4.79 Å². The number of carbonyl (C=O) groups is 1. The Bertz CT molecular complexity index is 932. The zero-order valence-electron chi connectivity index (χ0n) is 13.0. The van der Waals surface area contributed by atoms with Gasteiger partial charge in [0.1, 0.15) is 22.9 Å². The molecule has 6 nitrogen and oxygen atoms in total.